The van der Waals surface area contributed by atoms with E-state index in [1.807, 2.05) is 0 Å². The number of amides is 1. The maximum atomic E-state index is 13.8. The van der Waals surface area contributed by atoms with Crippen molar-refractivity contribution in [3.63, 3.8) is 0 Å². The average Bonchev–Trinajstić information content (AvgIpc) is 2.62. The number of para-hydroxylation sites is 1. The molecule has 0 bridgehead atoms. The first-order valence-corrected chi connectivity index (χ1v) is 8.41. The standard InChI is InChI=1S/C19H18F4N2O2/c20-14-3-1-2-4-15(14)25-18(27)16-13(9-10-24-17(16)26)11-5-7-12(8-6-11)19(21,22)23/h1-8,13,16,18,25,27H,9-10H2,(H,24,26). The summed E-state index contributed by atoms with van der Waals surface area (Å²) in [4.78, 5) is 12.3. The number of aliphatic hydroxyl groups is 1. The van der Waals surface area contributed by atoms with E-state index >= 15 is 0 Å². The third-order valence-corrected chi connectivity index (χ3v) is 4.67. The van der Waals surface area contributed by atoms with Gasteiger partial charge in [0.2, 0.25) is 5.91 Å². The van der Waals surface area contributed by atoms with Crippen molar-refractivity contribution in [3.8, 4) is 0 Å². The third kappa shape index (κ3) is 4.21. The molecule has 4 nitrogen and oxygen atoms in total. The van der Waals surface area contributed by atoms with Crippen molar-refractivity contribution in [1.29, 1.82) is 0 Å². The largest absolute Gasteiger partial charge is 0.416 e. The van der Waals surface area contributed by atoms with E-state index in [0.29, 0.717) is 18.5 Å². The minimum atomic E-state index is -4.45. The summed E-state index contributed by atoms with van der Waals surface area (Å²) in [6.07, 6.45) is -5.42. The molecule has 3 atom stereocenters. The summed E-state index contributed by atoms with van der Waals surface area (Å²) >= 11 is 0. The number of piperidine rings is 1. The molecule has 1 aliphatic heterocycles. The molecule has 27 heavy (non-hydrogen) atoms. The molecule has 1 saturated heterocycles. The molecule has 144 valence electrons. The minimum Gasteiger partial charge on any atom is -0.373 e. The Bertz CT molecular complexity index is 808. The van der Waals surface area contributed by atoms with E-state index in [2.05, 4.69) is 10.6 Å². The van der Waals surface area contributed by atoms with Crippen molar-refractivity contribution in [1.82, 2.24) is 5.32 Å². The summed E-state index contributed by atoms with van der Waals surface area (Å²) in [6, 6.07) is 10.2. The Kier molecular flexibility index (Phi) is 5.36. The van der Waals surface area contributed by atoms with Gasteiger partial charge in [0.25, 0.3) is 0 Å². The zero-order chi connectivity index (χ0) is 19.6. The fourth-order valence-electron chi connectivity index (χ4n) is 3.32. The van der Waals surface area contributed by atoms with Gasteiger partial charge < -0.3 is 15.7 Å². The lowest BCUT2D eigenvalue weighted by atomic mass is 9.79. The van der Waals surface area contributed by atoms with Crippen LogP contribution < -0.4 is 10.6 Å². The zero-order valence-electron chi connectivity index (χ0n) is 14.1. The maximum absolute atomic E-state index is 13.8. The van der Waals surface area contributed by atoms with Gasteiger partial charge in [0.15, 0.2) is 0 Å². The van der Waals surface area contributed by atoms with Gasteiger partial charge in [-0.2, -0.15) is 13.2 Å². The lowest BCUT2D eigenvalue weighted by Crippen LogP contribution is -2.49. The van der Waals surface area contributed by atoms with E-state index in [9.17, 15) is 27.5 Å². The highest BCUT2D eigenvalue weighted by Gasteiger charge is 2.39. The summed E-state index contributed by atoms with van der Waals surface area (Å²) < 4.78 is 52.1. The van der Waals surface area contributed by atoms with Crippen molar-refractivity contribution in [3.05, 3.63) is 65.5 Å². The van der Waals surface area contributed by atoms with Crippen LogP contribution in [0.2, 0.25) is 0 Å². The molecule has 2 aromatic carbocycles. The quantitative estimate of drug-likeness (QED) is 0.560. The molecular formula is C19H18F4N2O2. The van der Waals surface area contributed by atoms with Crippen LogP contribution in [-0.4, -0.2) is 23.8 Å². The van der Waals surface area contributed by atoms with Crippen molar-refractivity contribution in [2.45, 2.75) is 24.7 Å². The molecule has 1 aliphatic rings. The number of aliphatic hydroxyl groups excluding tert-OH is 1. The highest BCUT2D eigenvalue weighted by Crippen LogP contribution is 2.36. The smallest absolute Gasteiger partial charge is 0.373 e. The SMILES string of the molecule is O=C1NCCC(c2ccc(C(F)(F)F)cc2)C1C(O)Nc1ccccc1F. The van der Waals surface area contributed by atoms with Crippen LogP contribution in [0.25, 0.3) is 0 Å². The predicted octanol–water partition coefficient (Wildman–Crippen LogP) is 3.49. The third-order valence-electron chi connectivity index (χ3n) is 4.67. The van der Waals surface area contributed by atoms with Crippen LogP contribution >= 0.6 is 0 Å². The van der Waals surface area contributed by atoms with E-state index in [0.717, 1.165) is 12.1 Å². The molecule has 0 saturated carbocycles. The minimum absolute atomic E-state index is 0.0366. The molecule has 0 aliphatic carbocycles. The molecule has 1 fully saturated rings. The molecule has 3 rings (SSSR count). The second-order valence-corrected chi connectivity index (χ2v) is 6.40. The Balaban J connectivity index is 1.85. The topological polar surface area (TPSA) is 61.4 Å². The number of halogens is 4. The molecule has 0 radical (unpaired) electrons. The normalized spacial score (nSPS) is 21.4. The van der Waals surface area contributed by atoms with Gasteiger partial charge in [-0.1, -0.05) is 24.3 Å². The number of hydrogen-bond donors (Lipinski definition) is 3. The maximum Gasteiger partial charge on any atom is 0.416 e. The average molecular weight is 382 g/mol. The molecular weight excluding hydrogens is 364 g/mol. The van der Waals surface area contributed by atoms with Gasteiger partial charge in [-0.15, -0.1) is 0 Å². The molecule has 3 unspecified atom stereocenters. The van der Waals surface area contributed by atoms with Crippen LogP contribution in [0, 0.1) is 11.7 Å². The Hall–Kier alpha value is -2.61. The number of benzene rings is 2. The number of rotatable bonds is 4. The molecule has 0 spiro atoms. The van der Waals surface area contributed by atoms with Gasteiger partial charge in [0.1, 0.15) is 12.0 Å². The molecule has 3 N–H and O–H groups in total. The second-order valence-electron chi connectivity index (χ2n) is 6.40. The van der Waals surface area contributed by atoms with Crippen LogP contribution in [0.4, 0.5) is 23.2 Å². The first kappa shape index (κ1) is 19.2. The van der Waals surface area contributed by atoms with Crippen LogP contribution in [-0.2, 0) is 11.0 Å². The van der Waals surface area contributed by atoms with Crippen molar-refractivity contribution < 1.29 is 27.5 Å². The Morgan fingerprint density at radius 3 is 2.41 bits per heavy atom. The van der Waals surface area contributed by atoms with Gasteiger partial charge in [-0.3, -0.25) is 4.79 Å². The summed E-state index contributed by atoms with van der Waals surface area (Å²) in [5, 5.41) is 15.7. The second kappa shape index (κ2) is 7.56. The van der Waals surface area contributed by atoms with Crippen molar-refractivity contribution >= 4 is 11.6 Å². The Labute approximate surface area is 153 Å². The Morgan fingerprint density at radius 1 is 1.11 bits per heavy atom. The molecule has 0 aromatic heterocycles. The fourth-order valence-corrected chi connectivity index (χ4v) is 3.32. The van der Waals surface area contributed by atoms with E-state index < -0.39 is 41.5 Å². The van der Waals surface area contributed by atoms with Gasteiger partial charge in [0.05, 0.1) is 17.2 Å². The van der Waals surface area contributed by atoms with Crippen LogP contribution in [0.5, 0.6) is 0 Å². The summed E-state index contributed by atoms with van der Waals surface area (Å²) in [7, 11) is 0. The van der Waals surface area contributed by atoms with Crippen LogP contribution in [0.1, 0.15) is 23.5 Å². The summed E-state index contributed by atoms with van der Waals surface area (Å²) in [6.45, 7) is 0.341. The number of carbonyl (C=O) groups excluding carboxylic acids is 1. The van der Waals surface area contributed by atoms with Gasteiger partial charge in [0, 0.05) is 12.5 Å². The first-order chi connectivity index (χ1) is 12.8. The van der Waals surface area contributed by atoms with Gasteiger partial charge in [-0.05, 0) is 36.2 Å². The first-order valence-electron chi connectivity index (χ1n) is 8.41. The highest BCUT2D eigenvalue weighted by molar-refractivity contribution is 5.81. The van der Waals surface area contributed by atoms with Crippen molar-refractivity contribution in [2.75, 3.05) is 11.9 Å². The summed E-state index contributed by atoms with van der Waals surface area (Å²) in [5.74, 6) is -2.51. The highest BCUT2D eigenvalue weighted by atomic mass is 19.4. The van der Waals surface area contributed by atoms with E-state index in [1.165, 1.54) is 30.3 Å². The Morgan fingerprint density at radius 2 is 1.78 bits per heavy atom. The monoisotopic (exact) mass is 382 g/mol. The fraction of sp³-hybridized carbons (Fsp3) is 0.316. The van der Waals surface area contributed by atoms with Crippen LogP contribution in [0.15, 0.2) is 48.5 Å². The van der Waals surface area contributed by atoms with Gasteiger partial charge >= 0.3 is 6.18 Å². The van der Waals surface area contributed by atoms with E-state index in [1.54, 1.807) is 6.07 Å². The molecule has 8 heteroatoms. The number of anilines is 1. The molecule has 1 amide bonds. The van der Waals surface area contributed by atoms with Crippen molar-refractivity contribution in [2.24, 2.45) is 5.92 Å². The number of carbonyl (C=O) groups is 1. The summed E-state index contributed by atoms with van der Waals surface area (Å²) in [5.41, 5.74) is -0.236. The van der Waals surface area contributed by atoms with Crippen LogP contribution in [0.3, 0.4) is 0 Å². The van der Waals surface area contributed by atoms with E-state index in [-0.39, 0.29) is 5.69 Å². The van der Waals surface area contributed by atoms with Gasteiger partial charge in [-0.25, -0.2) is 4.39 Å². The predicted molar refractivity (Wildman–Crippen MR) is 91.3 cm³/mol. The lowest BCUT2D eigenvalue weighted by Gasteiger charge is -2.35. The van der Waals surface area contributed by atoms with E-state index in [4.69, 9.17) is 0 Å². The molecule has 2 aromatic rings. The number of alkyl halides is 3. The number of hydrogen-bond acceptors (Lipinski definition) is 3. The zero-order valence-corrected chi connectivity index (χ0v) is 14.1. The lowest BCUT2D eigenvalue weighted by molar-refractivity contribution is -0.137. The number of nitrogens with one attached hydrogen (secondary N) is 2. The molecule has 1 heterocycles.